The van der Waals surface area contributed by atoms with Gasteiger partial charge in [0.2, 0.25) is 0 Å². The number of oxime groups is 1. The van der Waals surface area contributed by atoms with E-state index in [1.54, 1.807) is 0 Å². The number of ether oxygens (including phenoxy) is 2. The number of ketones is 1. The maximum Gasteiger partial charge on any atom is 0.184 e. The fourth-order valence-corrected chi connectivity index (χ4v) is 2.32. The summed E-state index contributed by atoms with van der Waals surface area (Å²) in [4.78, 5) is 16.7. The van der Waals surface area contributed by atoms with Crippen LogP contribution in [0.25, 0.3) is 0 Å². The lowest BCUT2D eigenvalue weighted by molar-refractivity contribution is -0.139. The summed E-state index contributed by atoms with van der Waals surface area (Å²) in [5, 5.41) is 3.83. The molecule has 3 rings (SSSR count). The topological polar surface area (TPSA) is 57.1 Å². The monoisotopic (exact) mass is 261 g/mol. The molecule has 19 heavy (non-hydrogen) atoms. The molecule has 0 N–H and O–H groups in total. The number of carbonyl (C=O) groups is 1. The minimum Gasteiger partial charge on any atom is -0.389 e. The van der Waals surface area contributed by atoms with Crippen molar-refractivity contribution in [2.24, 2.45) is 11.1 Å². The van der Waals surface area contributed by atoms with Gasteiger partial charge in [0.25, 0.3) is 0 Å². The number of Topliss-reactive ketones (excluding diaryl/α,β-unsaturated/α-hetero) is 1. The molecule has 0 radical (unpaired) electrons. The van der Waals surface area contributed by atoms with E-state index in [0.29, 0.717) is 18.9 Å². The van der Waals surface area contributed by atoms with Crippen LogP contribution in [0.1, 0.15) is 18.8 Å². The third-order valence-corrected chi connectivity index (χ3v) is 3.36. The van der Waals surface area contributed by atoms with E-state index in [0.717, 1.165) is 5.56 Å². The van der Waals surface area contributed by atoms with Gasteiger partial charge >= 0.3 is 0 Å². The van der Waals surface area contributed by atoms with Crippen molar-refractivity contribution in [2.75, 3.05) is 13.2 Å². The summed E-state index contributed by atoms with van der Waals surface area (Å²) in [7, 11) is 0. The smallest absolute Gasteiger partial charge is 0.184 e. The molecule has 0 aromatic heterocycles. The molecule has 2 aliphatic rings. The summed E-state index contributed by atoms with van der Waals surface area (Å²) in [6.07, 6.45) is -0.642. The molecule has 2 aliphatic heterocycles. The van der Waals surface area contributed by atoms with Gasteiger partial charge in [-0.1, -0.05) is 35.5 Å². The first-order chi connectivity index (χ1) is 9.25. The molecule has 5 heteroatoms. The summed E-state index contributed by atoms with van der Waals surface area (Å²) in [5.41, 5.74) is 1.41. The molecular formula is C14H15NO4. The van der Waals surface area contributed by atoms with Crippen LogP contribution in [0.4, 0.5) is 0 Å². The second kappa shape index (κ2) is 5.11. The van der Waals surface area contributed by atoms with Crippen LogP contribution in [0.5, 0.6) is 0 Å². The predicted octanol–water partition coefficient (Wildman–Crippen LogP) is 1.69. The van der Waals surface area contributed by atoms with Gasteiger partial charge in [0.1, 0.15) is 5.71 Å². The normalized spacial score (nSPS) is 29.9. The van der Waals surface area contributed by atoms with E-state index in [-0.39, 0.29) is 17.8 Å². The predicted molar refractivity (Wildman–Crippen MR) is 67.6 cm³/mol. The van der Waals surface area contributed by atoms with Crippen LogP contribution in [-0.4, -0.2) is 30.8 Å². The summed E-state index contributed by atoms with van der Waals surface area (Å²) in [6.45, 7) is 2.23. The number of nitrogens with zero attached hydrogens (tertiary/aromatic N) is 1. The standard InChI is InChI=1S/C14H15NO4/c1-9(16)13-11-7-17-14(10-5-3-2-4-6-10)18-8-12(11)19-15-13/h2-6,11-12,14H,7-8H2,1H3/t11-,12+,14-/m0/s1. The number of rotatable bonds is 2. The first-order valence-electron chi connectivity index (χ1n) is 6.28. The van der Waals surface area contributed by atoms with E-state index in [2.05, 4.69) is 5.16 Å². The van der Waals surface area contributed by atoms with Gasteiger partial charge in [0, 0.05) is 12.5 Å². The lowest BCUT2D eigenvalue weighted by atomic mass is 9.96. The molecule has 3 atom stereocenters. The molecule has 0 amide bonds. The van der Waals surface area contributed by atoms with Gasteiger partial charge in [-0.15, -0.1) is 0 Å². The van der Waals surface area contributed by atoms with Crippen LogP contribution in [-0.2, 0) is 19.1 Å². The van der Waals surface area contributed by atoms with Crippen LogP contribution in [0, 0.1) is 5.92 Å². The number of carbonyl (C=O) groups excluding carboxylic acids is 1. The zero-order valence-corrected chi connectivity index (χ0v) is 10.6. The molecule has 100 valence electrons. The molecule has 0 aliphatic carbocycles. The van der Waals surface area contributed by atoms with E-state index in [1.807, 2.05) is 30.3 Å². The Hall–Kier alpha value is -1.72. The molecule has 0 spiro atoms. The van der Waals surface area contributed by atoms with Crippen molar-refractivity contribution >= 4 is 11.5 Å². The molecule has 0 saturated carbocycles. The van der Waals surface area contributed by atoms with Crippen LogP contribution >= 0.6 is 0 Å². The third kappa shape index (κ3) is 2.39. The van der Waals surface area contributed by atoms with Crippen LogP contribution < -0.4 is 0 Å². The molecule has 0 bridgehead atoms. The molecule has 0 unspecified atom stereocenters. The maximum atomic E-state index is 11.5. The van der Waals surface area contributed by atoms with Crippen molar-refractivity contribution in [3.8, 4) is 0 Å². The van der Waals surface area contributed by atoms with E-state index < -0.39 is 6.29 Å². The number of hydrogen-bond acceptors (Lipinski definition) is 5. The molecular weight excluding hydrogens is 246 g/mol. The Labute approximate surface area is 111 Å². The van der Waals surface area contributed by atoms with Crippen LogP contribution in [0.15, 0.2) is 35.5 Å². The fourth-order valence-electron chi connectivity index (χ4n) is 2.32. The molecule has 1 fully saturated rings. The number of fused-ring (bicyclic) bond motifs is 1. The summed E-state index contributed by atoms with van der Waals surface area (Å²) < 4.78 is 11.4. The van der Waals surface area contributed by atoms with Gasteiger partial charge < -0.3 is 14.3 Å². The van der Waals surface area contributed by atoms with Gasteiger partial charge in [0.05, 0.1) is 19.1 Å². The first kappa shape index (κ1) is 12.3. The van der Waals surface area contributed by atoms with Gasteiger partial charge in [-0.2, -0.15) is 0 Å². The van der Waals surface area contributed by atoms with E-state index >= 15 is 0 Å². The zero-order valence-electron chi connectivity index (χ0n) is 10.6. The highest BCUT2D eigenvalue weighted by atomic mass is 16.7. The summed E-state index contributed by atoms with van der Waals surface area (Å²) in [5.74, 6) is -0.208. The minimum absolute atomic E-state index is 0.0748. The Morgan fingerprint density at radius 2 is 1.95 bits per heavy atom. The highest BCUT2D eigenvalue weighted by molar-refractivity contribution is 6.40. The Kier molecular flexibility index (Phi) is 3.31. The molecule has 1 aromatic rings. The van der Waals surface area contributed by atoms with Crippen molar-refractivity contribution in [3.05, 3.63) is 35.9 Å². The summed E-state index contributed by atoms with van der Waals surface area (Å²) in [6, 6.07) is 9.72. The fraction of sp³-hybridized carbons (Fsp3) is 0.429. The van der Waals surface area contributed by atoms with Crippen LogP contribution in [0.3, 0.4) is 0 Å². The Balaban J connectivity index is 1.74. The number of hydrogen-bond donors (Lipinski definition) is 0. The van der Waals surface area contributed by atoms with Gasteiger partial charge in [-0.05, 0) is 0 Å². The lowest BCUT2D eigenvalue weighted by Crippen LogP contribution is -2.31. The van der Waals surface area contributed by atoms with Crippen molar-refractivity contribution < 1.29 is 19.1 Å². The second-order valence-electron chi connectivity index (χ2n) is 4.69. The van der Waals surface area contributed by atoms with E-state index in [9.17, 15) is 4.79 Å². The van der Waals surface area contributed by atoms with E-state index in [4.69, 9.17) is 14.3 Å². The van der Waals surface area contributed by atoms with Crippen molar-refractivity contribution in [3.63, 3.8) is 0 Å². The quantitative estimate of drug-likeness (QED) is 0.813. The highest BCUT2D eigenvalue weighted by Crippen LogP contribution is 2.29. The average molecular weight is 261 g/mol. The first-order valence-corrected chi connectivity index (χ1v) is 6.28. The molecule has 1 aromatic carbocycles. The SMILES string of the molecule is CC(=O)C1=NO[C@@H]2CO[C@@H](c3ccccc3)OC[C@H]12. The van der Waals surface area contributed by atoms with Crippen molar-refractivity contribution in [1.82, 2.24) is 0 Å². The van der Waals surface area contributed by atoms with Crippen LogP contribution in [0.2, 0.25) is 0 Å². The summed E-state index contributed by atoms with van der Waals surface area (Å²) >= 11 is 0. The minimum atomic E-state index is -0.413. The Morgan fingerprint density at radius 3 is 2.68 bits per heavy atom. The van der Waals surface area contributed by atoms with Gasteiger partial charge in [-0.25, -0.2) is 0 Å². The van der Waals surface area contributed by atoms with E-state index in [1.165, 1.54) is 6.92 Å². The highest BCUT2D eigenvalue weighted by Gasteiger charge is 2.40. The largest absolute Gasteiger partial charge is 0.389 e. The molecule has 5 nitrogen and oxygen atoms in total. The second-order valence-corrected chi connectivity index (χ2v) is 4.69. The third-order valence-electron chi connectivity index (χ3n) is 3.36. The maximum absolute atomic E-state index is 11.5. The average Bonchev–Trinajstić information content (AvgIpc) is 2.72. The van der Waals surface area contributed by atoms with Gasteiger partial charge in [0.15, 0.2) is 18.2 Å². The lowest BCUT2D eigenvalue weighted by Gasteiger charge is -2.15. The van der Waals surface area contributed by atoms with Crippen molar-refractivity contribution in [1.29, 1.82) is 0 Å². The zero-order chi connectivity index (χ0) is 13.2. The molecule has 1 saturated heterocycles. The number of benzene rings is 1. The van der Waals surface area contributed by atoms with Gasteiger partial charge in [-0.3, -0.25) is 4.79 Å². The Bertz CT molecular complexity index is 499. The Morgan fingerprint density at radius 1 is 1.21 bits per heavy atom. The van der Waals surface area contributed by atoms with Crippen molar-refractivity contribution in [2.45, 2.75) is 19.3 Å². The molecule has 2 heterocycles.